The van der Waals surface area contributed by atoms with E-state index >= 15 is 0 Å². The molecule has 36 heavy (non-hydrogen) atoms. The summed E-state index contributed by atoms with van der Waals surface area (Å²) < 4.78 is 6.99. The molecule has 0 radical (unpaired) electrons. The van der Waals surface area contributed by atoms with Gasteiger partial charge < -0.3 is 9.64 Å². The first-order chi connectivity index (χ1) is 17.5. The zero-order valence-electron chi connectivity index (χ0n) is 21.3. The zero-order valence-corrected chi connectivity index (χ0v) is 21.3. The molecule has 2 aromatic carbocycles. The minimum absolute atomic E-state index is 0.0674. The van der Waals surface area contributed by atoms with Crippen LogP contribution in [0.5, 0.6) is 0 Å². The Bertz CT molecular complexity index is 1210. The van der Waals surface area contributed by atoms with E-state index in [2.05, 4.69) is 36.3 Å². The average molecular weight is 486 g/mol. The van der Waals surface area contributed by atoms with Crippen molar-refractivity contribution in [3.63, 3.8) is 0 Å². The summed E-state index contributed by atoms with van der Waals surface area (Å²) in [4.78, 5) is 27.4. The van der Waals surface area contributed by atoms with Crippen LogP contribution in [0.3, 0.4) is 0 Å². The molecule has 1 aliphatic heterocycles. The van der Waals surface area contributed by atoms with Gasteiger partial charge in [-0.25, -0.2) is 9.48 Å². The Morgan fingerprint density at radius 1 is 0.944 bits per heavy atom. The van der Waals surface area contributed by atoms with Gasteiger partial charge in [0, 0.05) is 23.7 Å². The first-order valence-corrected chi connectivity index (χ1v) is 13.3. The van der Waals surface area contributed by atoms with Crippen LogP contribution in [0, 0.1) is 0 Å². The maximum atomic E-state index is 13.0. The van der Waals surface area contributed by atoms with E-state index in [1.54, 1.807) is 17.7 Å². The van der Waals surface area contributed by atoms with Crippen LogP contribution in [0.1, 0.15) is 91.1 Å². The highest BCUT2D eigenvalue weighted by Gasteiger charge is 2.26. The molecule has 0 spiro atoms. The van der Waals surface area contributed by atoms with Crippen molar-refractivity contribution in [2.24, 2.45) is 0 Å². The van der Waals surface area contributed by atoms with Crippen LogP contribution < -0.4 is 0 Å². The Morgan fingerprint density at radius 2 is 1.67 bits per heavy atom. The lowest BCUT2D eigenvalue weighted by molar-refractivity contribution is 0.0518. The van der Waals surface area contributed by atoms with E-state index in [-0.39, 0.29) is 17.6 Å². The molecule has 188 valence electrons. The summed E-state index contributed by atoms with van der Waals surface area (Å²) in [6, 6.07) is 18.2. The van der Waals surface area contributed by atoms with E-state index in [9.17, 15) is 9.59 Å². The van der Waals surface area contributed by atoms with Gasteiger partial charge in [-0.2, -0.15) is 5.10 Å². The molecule has 1 saturated carbocycles. The molecule has 6 heteroatoms. The standard InChI is InChI=1S/C30H35N3O3/c1-3-36-30(35)27-20-28(24-13-11-23(12-14-24)22-9-5-4-6-10-22)33(31-27)26-17-15-25(16-18-26)29(34)32-19-7-8-21(32)2/h11-18,20-22H,3-10,19H2,1-2H3/t21-/m0/s1. The van der Waals surface area contributed by atoms with Crippen molar-refractivity contribution in [3.8, 4) is 16.9 Å². The predicted octanol–water partition coefficient (Wildman–Crippen LogP) is 6.39. The first-order valence-electron chi connectivity index (χ1n) is 13.3. The number of benzene rings is 2. The van der Waals surface area contributed by atoms with Crippen LogP contribution in [-0.2, 0) is 4.74 Å². The lowest BCUT2D eigenvalue weighted by Gasteiger charge is -2.22. The number of hydrogen-bond acceptors (Lipinski definition) is 4. The van der Waals surface area contributed by atoms with E-state index in [1.807, 2.05) is 29.2 Å². The van der Waals surface area contributed by atoms with Gasteiger partial charge in [-0.15, -0.1) is 0 Å². The maximum absolute atomic E-state index is 13.0. The second-order valence-electron chi connectivity index (χ2n) is 10.0. The molecule has 1 atom stereocenters. The zero-order chi connectivity index (χ0) is 25.1. The predicted molar refractivity (Wildman–Crippen MR) is 141 cm³/mol. The summed E-state index contributed by atoms with van der Waals surface area (Å²) in [5.74, 6) is 0.264. The molecule has 2 fully saturated rings. The van der Waals surface area contributed by atoms with E-state index in [0.29, 0.717) is 18.1 Å². The number of carbonyl (C=O) groups is 2. The largest absolute Gasteiger partial charge is 0.461 e. The fraction of sp³-hybridized carbons (Fsp3) is 0.433. The van der Waals surface area contributed by atoms with Crippen molar-refractivity contribution in [2.75, 3.05) is 13.2 Å². The SMILES string of the molecule is CCOC(=O)c1cc(-c2ccc(C3CCCCC3)cc2)n(-c2ccc(C(=O)N3CCC[C@@H]3C)cc2)n1. The smallest absolute Gasteiger partial charge is 0.358 e. The normalized spacial score (nSPS) is 18.4. The van der Waals surface area contributed by atoms with E-state index in [1.165, 1.54) is 37.7 Å². The van der Waals surface area contributed by atoms with E-state index < -0.39 is 5.97 Å². The van der Waals surface area contributed by atoms with Gasteiger partial charge in [0.1, 0.15) is 0 Å². The van der Waals surface area contributed by atoms with Gasteiger partial charge in [0.15, 0.2) is 5.69 Å². The first kappa shape index (κ1) is 24.3. The molecule has 2 heterocycles. The third kappa shape index (κ3) is 4.95. The molecule has 6 nitrogen and oxygen atoms in total. The minimum atomic E-state index is -0.439. The topological polar surface area (TPSA) is 64.4 Å². The van der Waals surface area contributed by atoms with Gasteiger partial charge >= 0.3 is 5.97 Å². The van der Waals surface area contributed by atoms with Crippen molar-refractivity contribution in [3.05, 3.63) is 71.4 Å². The summed E-state index contributed by atoms with van der Waals surface area (Å²) in [6.07, 6.45) is 8.56. The van der Waals surface area contributed by atoms with Crippen molar-refractivity contribution in [1.29, 1.82) is 0 Å². The number of aromatic nitrogens is 2. The lowest BCUT2D eigenvalue weighted by atomic mass is 9.84. The second-order valence-corrected chi connectivity index (χ2v) is 10.0. The third-order valence-electron chi connectivity index (χ3n) is 7.65. The summed E-state index contributed by atoms with van der Waals surface area (Å²) >= 11 is 0. The fourth-order valence-electron chi connectivity index (χ4n) is 5.60. The van der Waals surface area contributed by atoms with Crippen LogP contribution in [-0.4, -0.2) is 45.8 Å². The average Bonchev–Trinajstić information content (AvgIpc) is 3.56. The highest BCUT2D eigenvalue weighted by atomic mass is 16.5. The molecule has 1 aromatic heterocycles. The fourth-order valence-corrected chi connectivity index (χ4v) is 5.60. The quantitative estimate of drug-likeness (QED) is 0.380. The number of rotatable bonds is 6. The van der Waals surface area contributed by atoms with Gasteiger partial charge in [-0.3, -0.25) is 4.79 Å². The number of ether oxygens (including phenoxy) is 1. The maximum Gasteiger partial charge on any atom is 0.358 e. The molecule has 1 amide bonds. The highest BCUT2D eigenvalue weighted by Crippen LogP contribution is 2.34. The van der Waals surface area contributed by atoms with Crippen molar-refractivity contribution < 1.29 is 14.3 Å². The molecule has 2 aliphatic rings. The lowest BCUT2D eigenvalue weighted by Crippen LogP contribution is -2.33. The van der Waals surface area contributed by atoms with Gasteiger partial charge in [-0.05, 0) is 81.3 Å². The van der Waals surface area contributed by atoms with E-state index in [4.69, 9.17) is 4.74 Å². The van der Waals surface area contributed by atoms with Crippen molar-refractivity contribution in [1.82, 2.24) is 14.7 Å². The van der Waals surface area contributed by atoms with Gasteiger partial charge in [0.25, 0.3) is 5.91 Å². The third-order valence-corrected chi connectivity index (χ3v) is 7.65. The monoisotopic (exact) mass is 485 g/mol. The summed E-state index contributed by atoms with van der Waals surface area (Å²) in [6.45, 7) is 5.00. The summed E-state index contributed by atoms with van der Waals surface area (Å²) in [5.41, 5.74) is 4.93. The Hall–Kier alpha value is -3.41. The molecule has 3 aromatic rings. The van der Waals surface area contributed by atoms with Crippen molar-refractivity contribution in [2.45, 2.75) is 70.8 Å². The minimum Gasteiger partial charge on any atom is -0.461 e. The molecular weight excluding hydrogens is 450 g/mol. The van der Waals surface area contributed by atoms with Crippen LogP contribution >= 0.6 is 0 Å². The summed E-state index contributed by atoms with van der Waals surface area (Å²) in [7, 11) is 0. The van der Waals surface area contributed by atoms with Gasteiger partial charge in [0.2, 0.25) is 0 Å². The Morgan fingerprint density at radius 3 is 2.31 bits per heavy atom. The Balaban J connectivity index is 1.45. The summed E-state index contributed by atoms with van der Waals surface area (Å²) in [5, 5.41) is 4.60. The highest BCUT2D eigenvalue weighted by molar-refractivity contribution is 5.95. The number of carbonyl (C=O) groups excluding carboxylic acids is 2. The number of esters is 1. The molecule has 0 bridgehead atoms. The molecule has 1 saturated heterocycles. The van der Waals surface area contributed by atoms with Gasteiger partial charge in [0.05, 0.1) is 18.0 Å². The molecule has 0 unspecified atom stereocenters. The van der Waals surface area contributed by atoms with Gasteiger partial charge in [-0.1, -0.05) is 43.5 Å². The number of likely N-dealkylation sites (tertiary alicyclic amines) is 1. The number of nitrogens with zero attached hydrogens (tertiary/aromatic N) is 3. The van der Waals surface area contributed by atoms with Crippen LogP contribution in [0.2, 0.25) is 0 Å². The van der Waals surface area contributed by atoms with Crippen LogP contribution in [0.15, 0.2) is 54.6 Å². The molecule has 0 N–H and O–H groups in total. The Kier molecular flexibility index (Phi) is 7.21. The van der Waals surface area contributed by atoms with Crippen LogP contribution in [0.25, 0.3) is 16.9 Å². The van der Waals surface area contributed by atoms with Crippen molar-refractivity contribution >= 4 is 11.9 Å². The molecular formula is C30H35N3O3. The Labute approximate surface area is 213 Å². The molecule has 1 aliphatic carbocycles. The van der Waals surface area contributed by atoms with Crippen LogP contribution in [0.4, 0.5) is 0 Å². The second kappa shape index (κ2) is 10.7. The number of hydrogen-bond donors (Lipinski definition) is 0. The van der Waals surface area contributed by atoms with E-state index in [0.717, 1.165) is 36.3 Å². The molecule has 5 rings (SSSR count). The number of amides is 1.